The molecule has 0 amide bonds. The van der Waals surface area contributed by atoms with E-state index in [0.29, 0.717) is 51.2 Å². The van der Waals surface area contributed by atoms with Gasteiger partial charge in [-0.1, -0.05) is 54.9 Å². The molecule has 1 aliphatic heterocycles. The number of hydrogen-bond donors (Lipinski definition) is 7. The van der Waals surface area contributed by atoms with Gasteiger partial charge in [0.15, 0.2) is 6.29 Å². The van der Waals surface area contributed by atoms with E-state index in [9.17, 15) is 30.6 Å². The van der Waals surface area contributed by atoms with Crippen LogP contribution in [0.1, 0.15) is 132 Å². The summed E-state index contributed by atoms with van der Waals surface area (Å²) in [6, 6.07) is 0. The fraction of sp³-hybridized carbons (Fsp3) is 1.00. The molecule has 6 rings (SSSR count). The van der Waals surface area contributed by atoms with Gasteiger partial charge in [-0.05, 0) is 140 Å². The first-order valence-corrected chi connectivity index (χ1v) is 20.4. The SMILES string of the molecule is CC(CC[C@@H](O)[C@@H](O)[C@@H](O)CO[C@@H]1O[C@H](CN)[C@@H](O)[C@H](O)[C@H]1O)C1CC[C@@]2(C)C1CC[C@]1(C)C2CCC2[C@@]3(C)CCCC(C)(C)C3CC[C@]21C. The van der Waals surface area contributed by atoms with Crippen LogP contribution in [0, 0.1) is 62.6 Å². The molecule has 0 aromatic rings. The maximum Gasteiger partial charge on any atom is 0.186 e. The Balaban J connectivity index is 1.05. The molecule has 0 radical (unpaired) electrons. The molecule has 18 atom stereocenters. The number of aliphatic hydroxyl groups is 6. The van der Waals surface area contributed by atoms with Crippen LogP contribution in [0.4, 0.5) is 0 Å². The standard InChI is InChI=1S/C41H73NO8/c1-23(9-10-26(43)32(45)27(44)22-49-36-35(48)34(47)33(46)28(21-42)50-36)24-13-18-38(4)25(24)14-19-40(6)30(38)11-12-31-39(5)17-8-16-37(2,3)29(39)15-20-41(31,40)7/h23-36,43-48H,8-22,42H2,1-7H3/t23?,24?,25?,26-,27+,28-,29?,30?,31?,32-,33-,34+,35-,36-,38+,39+,40-,41-/m1/s1. The van der Waals surface area contributed by atoms with Crippen molar-refractivity contribution in [3.8, 4) is 0 Å². The summed E-state index contributed by atoms with van der Waals surface area (Å²) in [6.45, 7) is 17.7. The second-order valence-electron chi connectivity index (χ2n) is 20.1. The van der Waals surface area contributed by atoms with Crippen LogP contribution in [0.3, 0.4) is 0 Å². The average Bonchev–Trinajstić information content (AvgIpc) is 3.42. The van der Waals surface area contributed by atoms with Crippen LogP contribution in [0.5, 0.6) is 0 Å². The number of ether oxygens (including phenoxy) is 2. The number of aliphatic hydroxyl groups excluding tert-OH is 6. The fourth-order valence-corrected chi connectivity index (χ4v) is 14.6. The molecule has 0 bridgehead atoms. The minimum Gasteiger partial charge on any atom is -0.390 e. The lowest BCUT2D eigenvalue weighted by atomic mass is 9.32. The molecule has 9 nitrogen and oxygen atoms in total. The van der Waals surface area contributed by atoms with E-state index in [-0.39, 0.29) is 6.54 Å². The van der Waals surface area contributed by atoms with Gasteiger partial charge in [0.1, 0.15) is 36.6 Å². The summed E-state index contributed by atoms with van der Waals surface area (Å²) < 4.78 is 10.9. The van der Waals surface area contributed by atoms with Crippen LogP contribution in [0.15, 0.2) is 0 Å². The summed E-state index contributed by atoms with van der Waals surface area (Å²) in [5.74, 6) is 4.11. The summed E-state index contributed by atoms with van der Waals surface area (Å²) in [5, 5.41) is 62.7. The summed E-state index contributed by atoms with van der Waals surface area (Å²) in [6.07, 6.45) is 5.33. The summed E-state index contributed by atoms with van der Waals surface area (Å²) in [5.41, 5.74) is 7.62. The molecule has 290 valence electrons. The van der Waals surface area contributed by atoms with E-state index in [2.05, 4.69) is 48.5 Å². The second kappa shape index (κ2) is 14.1. The minimum absolute atomic E-state index is 0.0911. The van der Waals surface area contributed by atoms with Gasteiger partial charge in [0, 0.05) is 6.54 Å². The monoisotopic (exact) mass is 708 g/mol. The molecule has 6 aliphatic rings. The van der Waals surface area contributed by atoms with Crippen molar-refractivity contribution in [3.05, 3.63) is 0 Å². The van der Waals surface area contributed by atoms with Gasteiger partial charge in [-0.15, -0.1) is 0 Å². The Morgan fingerprint density at radius 3 is 2.00 bits per heavy atom. The summed E-state index contributed by atoms with van der Waals surface area (Å²) in [7, 11) is 0. The van der Waals surface area contributed by atoms with Gasteiger partial charge in [-0.25, -0.2) is 0 Å². The number of fused-ring (bicyclic) bond motifs is 7. The van der Waals surface area contributed by atoms with E-state index in [1.165, 1.54) is 70.6 Å². The third-order valence-corrected chi connectivity index (χ3v) is 17.5. The molecular weight excluding hydrogens is 634 g/mol. The zero-order chi connectivity index (χ0) is 36.6. The van der Waals surface area contributed by atoms with Gasteiger partial charge < -0.3 is 45.8 Å². The Hall–Kier alpha value is -0.360. The lowest BCUT2D eigenvalue weighted by molar-refractivity contribution is -0.300. The highest BCUT2D eigenvalue weighted by atomic mass is 16.7. The van der Waals surface area contributed by atoms with Crippen LogP contribution in [-0.2, 0) is 9.47 Å². The van der Waals surface area contributed by atoms with E-state index in [4.69, 9.17) is 15.2 Å². The smallest absolute Gasteiger partial charge is 0.186 e. The maximum atomic E-state index is 10.9. The normalized spacial score (nSPS) is 51.0. The zero-order valence-electron chi connectivity index (χ0n) is 32.3. The highest BCUT2D eigenvalue weighted by Gasteiger charge is 2.70. The first kappa shape index (κ1) is 39.3. The highest BCUT2D eigenvalue weighted by molar-refractivity contribution is 5.19. The molecule has 6 fully saturated rings. The van der Waals surface area contributed by atoms with Crippen molar-refractivity contribution < 1.29 is 40.1 Å². The third-order valence-electron chi connectivity index (χ3n) is 17.5. The Bertz CT molecular complexity index is 1190. The predicted molar refractivity (Wildman–Crippen MR) is 193 cm³/mol. The lowest BCUT2D eigenvalue weighted by Gasteiger charge is -2.73. The van der Waals surface area contributed by atoms with E-state index >= 15 is 0 Å². The minimum atomic E-state index is -1.54. The van der Waals surface area contributed by atoms with Crippen molar-refractivity contribution in [1.29, 1.82) is 0 Å². The Labute approximate surface area is 302 Å². The highest BCUT2D eigenvalue weighted by Crippen LogP contribution is 2.78. The van der Waals surface area contributed by atoms with Gasteiger partial charge in [0.25, 0.3) is 0 Å². The molecule has 50 heavy (non-hydrogen) atoms. The van der Waals surface area contributed by atoms with Crippen LogP contribution in [0.25, 0.3) is 0 Å². The fourth-order valence-electron chi connectivity index (χ4n) is 14.6. The van der Waals surface area contributed by atoms with Crippen molar-refractivity contribution in [1.82, 2.24) is 0 Å². The molecule has 6 unspecified atom stereocenters. The van der Waals surface area contributed by atoms with Crippen LogP contribution < -0.4 is 5.73 Å². The molecule has 0 spiro atoms. The number of nitrogens with two attached hydrogens (primary N) is 1. The van der Waals surface area contributed by atoms with Gasteiger partial charge in [0.2, 0.25) is 0 Å². The molecule has 5 saturated carbocycles. The van der Waals surface area contributed by atoms with Crippen LogP contribution in [-0.4, -0.2) is 92.8 Å². The van der Waals surface area contributed by atoms with Crippen molar-refractivity contribution >= 4 is 0 Å². The summed E-state index contributed by atoms with van der Waals surface area (Å²) >= 11 is 0. The molecule has 5 aliphatic carbocycles. The van der Waals surface area contributed by atoms with Gasteiger partial charge in [-0.3, -0.25) is 0 Å². The first-order chi connectivity index (χ1) is 23.4. The number of rotatable bonds is 10. The Kier molecular flexibility index (Phi) is 11.1. The quantitative estimate of drug-likeness (QED) is 0.170. The first-order valence-electron chi connectivity index (χ1n) is 20.4. The van der Waals surface area contributed by atoms with Gasteiger partial charge in [-0.2, -0.15) is 0 Å². The molecule has 0 aromatic heterocycles. The maximum absolute atomic E-state index is 10.9. The van der Waals surface area contributed by atoms with Crippen LogP contribution in [0.2, 0.25) is 0 Å². The Morgan fingerprint density at radius 2 is 1.34 bits per heavy atom. The third kappa shape index (κ3) is 6.17. The predicted octanol–water partition coefficient (Wildman–Crippen LogP) is 4.76. The Morgan fingerprint density at radius 1 is 0.700 bits per heavy atom. The molecular formula is C41H73NO8. The largest absolute Gasteiger partial charge is 0.390 e. The zero-order valence-corrected chi connectivity index (χ0v) is 32.3. The average molecular weight is 708 g/mol. The van der Waals surface area contributed by atoms with Gasteiger partial charge in [0.05, 0.1) is 12.7 Å². The topological polar surface area (TPSA) is 166 Å². The van der Waals surface area contributed by atoms with Crippen molar-refractivity contribution in [2.75, 3.05) is 13.2 Å². The molecule has 9 heteroatoms. The number of hydrogen-bond acceptors (Lipinski definition) is 9. The van der Waals surface area contributed by atoms with Gasteiger partial charge >= 0.3 is 0 Å². The van der Waals surface area contributed by atoms with Crippen molar-refractivity contribution in [2.45, 2.75) is 181 Å². The van der Waals surface area contributed by atoms with Crippen molar-refractivity contribution in [3.63, 3.8) is 0 Å². The molecule has 8 N–H and O–H groups in total. The molecule has 1 heterocycles. The molecule has 1 saturated heterocycles. The van der Waals surface area contributed by atoms with Crippen LogP contribution >= 0.6 is 0 Å². The van der Waals surface area contributed by atoms with E-state index in [0.717, 1.165) is 24.2 Å². The summed E-state index contributed by atoms with van der Waals surface area (Å²) in [4.78, 5) is 0. The van der Waals surface area contributed by atoms with E-state index in [1.54, 1.807) is 0 Å². The van der Waals surface area contributed by atoms with E-state index < -0.39 is 55.6 Å². The second-order valence-corrected chi connectivity index (χ2v) is 20.1. The molecule has 0 aromatic carbocycles. The lowest BCUT2D eigenvalue weighted by Crippen LogP contribution is -2.65. The van der Waals surface area contributed by atoms with Crippen molar-refractivity contribution in [2.24, 2.45) is 68.3 Å². The van der Waals surface area contributed by atoms with E-state index in [1.807, 2.05) is 0 Å².